The molecule has 0 aliphatic carbocycles. The van der Waals surface area contributed by atoms with E-state index in [0.29, 0.717) is 0 Å². The third-order valence-electron chi connectivity index (χ3n) is 2.70. The fourth-order valence-corrected chi connectivity index (χ4v) is 1.82. The molecule has 1 saturated heterocycles. The molecule has 9 heteroatoms. The molecule has 0 aromatic heterocycles. The lowest BCUT2D eigenvalue weighted by atomic mass is 9.91. The molecule has 0 saturated carbocycles. The second-order valence-corrected chi connectivity index (χ2v) is 3.68. The first-order chi connectivity index (χ1) is 7.21. The van der Waals surface area contributed by atoms with Crippen molar-refractivity contribution in [3.63, 3.8) is 0 Å². The van der Waals surface area contributed by atoms with Gasteiger partial charge in [0.2, 0.25) is 0 Å². The summed E-state index contributed by atoms with van der Waals surface area (Å²) in [5, 5.41) is 27.5. The lowest BCUT2D eigenvalue weighted by molar-refractivity contribution is -0.188. The largest absolute Gasteiger partial charge is 0.471 e. The van der Waals surface area contributed by atoms with Gasteiger partial charge < -0.3 is 20.2 Å². The fraction of sp³-hybridized carbons (Fsp3) is 0.857. The third kappa shape index (κ3) is 2.02. The molecule has 1 rings (SSSR count). The number of amides is 1. The third-order valence-corrected chi connectivity index (χ3v) is 2.70. The zero-order valence-electron chi connectivity index (χ0n) is 8.35. The van der Waals surface area contributed by atoms with Crippen LogP contribution in [0.4, 0.5) is 13.2 Å². The minimum absolute atomic E-state index is 0.273. The summed E-state index contributed by atoms with van der Waals surface area (Å²) in [6, 6.07) is -1.43. The Kier molecular flexibility index (Phi) is 3.51. The number of carbonyl (C=O) groups excluding carboxylic acids is 1. The molecule has 5 nitrogen and oxygen atoms in total. The van der Waals surface area contributed by atoms with Gasteiger partial charge in [0, 0.05) is 5.94 Å². The number of aliphatic hydroxyl groups is 3. The highest BCUT2D eigenvalue weighted by Crippen LogP contribution is 2.29. The Balaban J connectivity index is 2.98. The molecule has 4 atom stereocenters. The summed E-state index contributed by atoms with van der Waals surface area (Å²) >= 11 is 0. The van der Waals surface area contributed by atoms with Crippen molar-refractivity contribution in [1.82, 2.24) is 4.90 Å². The van der Waals surface area contributed by atoms with Gasteiger partial charge in [-0.25, -0.2) is 0 Å². The molecular formula is C7H11BF3NO4. The number of hydrogen-bond donors (Lipinski definition) is 3. The number of aliphatic hydroxyl groups excluding tert-OH is 3. The highest BCUT2D eigenvalue weighted by atomic mass is 19.4. The zero-order valence-corrected chi connectivity index (χ0v) is 8.35. The van der Waals surface area contributed by atoms with Crippen LogP contribution in [0.25, 0.3) is 0 Å². The van der Waals surface area contributed by atoms with Crippen molar-refractivity contribution >= 4 is 13.8 Å². The first-order valence-electron chi connectivity index (χ1n) is 4.58. The topological polar surface area (TPSA) is 81.0 Å². The first-order valence-corrected chi connectivity index (χ1v) is 4.58. The van der Waals surface area contributed by atoms with Crippen LogP contribution in [-0.2, 0) is 4.79 Å². The number of rotatable bonds is 1. The van der Waals surface area contributed by atoms with Crippen molar-refractivity contribution in [2.75, 3.05) is 6.61 Å². The number of likely N-dealkylation sites (tertiary alicyclic amines) is 1. The predicted octanol–water partition coefficient (Wildman–Crippen LogP) is -2.57. The van der Waals surface area contributed by atoms with Gasteiger partial charge >= 0.3 is 12.1 Å². The van der Waals surface area contributed by atoms with E-state index in [9.17, 15) is 28.2 Å². The lowest BCUT2D eigenvalue weighted by Crippen LogP contribution is -2.51. The molecule has 1 fully saturated rings. The van der Waals surface area contributed by atoms with Crippen molar-refractivity contribution in [2.24, 2.45) is 0 Å². The quantitative estimate of drug-likeness (QED) is 0.441. The van der Waals surface area contributed by atoms with E-state index >= 15 is 0 Å². The molecule has 0 unspecified atom stereocenters. The predicted molar refractivity (Wildman–Crippen MR) is 48.1 cm³/mol. The van der Waals surface area contributed by atoms with Crippen molar-refractivity contribution in [3.8, 4) is 0 Å². The number of hydrogen-bond acceptors (Lipinski definition) is 4. The van der Waals surface area contributed by atoms with Crippen LogP contribution in [-0.4, -0.2) is 70.9 Å². The van der Waals surface area contributed by atoms with E-state index < -0.39 is 42.9 Å². The van der Waals surface area contributed by atoms with Gasteiger partial charge in [0.25, 0.3) is 0 Å². The number of alkyl halides is 3. The summed E-state index contributed by atoms with van der Waals surface area (Å²) in [6.45, 7) is -0.843. The smallest absolute Gasteiger partial charge is 0.394 e. The molecule has 16 heavy (non-hydrogen) atoms. The van der Waals surface area contributed by atoms with E-state index in [1.165, 1.54) is 7.85 Å². The maximum Gasteiger partial charge on any atom is 0.471 e. The standard InChI is InChI=1S/C7H11BF3NO4/c8-5-4(15)3(14)2(1-13)12(5)6(16)7(9,10)11/h2-5,13-15H,1,8H2/t2-,3+,4-,5-/m1/s1. The van der Waals surface area contributed by atoms with Crippen LogP contribution in [0.15, 0.2) is 0 Å². The Hall–Kier alpha value is -0.795. The zero-order chi connectivity index (χ0) is 12.7. The molecule has 0 spiro atoms. The second-order valence-electron chi connectivity index (χ2n) is 3.68. The Morgan fingerprint density at radius 3 is 2.19 bits per heavy atom. The van der Waals surface area contributed by atoms with Gasteiger partial charge in [0.05, 0.1) is 18.8 Å². The summed E-state index contributed by atoms with van der Waals surface area (Å²) in [6.07, 6.45) is -8.17. The lowest BCUT2D eigenvalue weighted by Gasteiger charge is -2.28. The first kappa shape index (κ1) is 13.3. The molecule has 3 N–H and O–H groups in total. The Bertz CT molecular complexity index is 287. The maximum atomic E-state index is 12.2. The van der Waals surface area contributed by atoms with E-state index in [2.05, 4.69) is 0 Å². The Morgan fingerprint density at radius 2 is 1.81 bits per heavy atom. The molecule has 1 aliphatic heterocycles. The summed E-state index contributed by atoms with van der Waals surface area (Å²) in [4.78, 5) is 11.3. The van der Waals surface area contributed by atoms with Gasteiger partial charge in [-0.3, -0.25) is 4.79 Å². The molecule has 0 aromatic rings. The SMILES string of the molecule is B[C@H]1[C@H](O)[C@@H](O)[C@@H](CO)N1C(=O)C(F)(F)F. The number of carbonyl (C=O) groups is 1. The van der Waals surface area contributed by atoms with Crippen molar-refractivity contribution in [3.05, 3.63) is 0 Å². The van der Waals surface area contributed by atoms with Crippen LogP contribution < -0.4 is 0 Å². The van der Waals surface area contributed by atoms with Crippen molar-refractivity contribution in [1.29, 1.82) is 0 Å². The average molecular weight is 241 g/mol. The highest BCUT2D eigenvalue weighted by Gasteiger charge is 2.54. The van der Waals surface area contributed by atoms with E-state index in [1.54, 1.807) is 0 Å². The summed E-state index contributed by atoms with van der Waals surface area (Å²) < 4.78 is 36.6. The molecule has 0 bridgehead atoms. The average Bonchev–Trinajstić information content (AvgIpc) is 2.39. The molecular weight excluding hydrogens is 230 g/mol. The van der Waals surface area contributed by atoms with Gasteiger partial charge in [0.1, 0.15) is 14.0 Å². The van der Waals surface area contributed by atoms with Gasteiger partial charge in [-0.05, 0) is 0 Å². The van der Waals surface area contributed by atoms with Crippen LogP contribution >= 0.6 is 0 Å². The molecule has 1 aliphatic rings. The van der Waals surface area contributed by atoms with E-state index in [-0.39, 0.29) is 4.90 Å². The number of nitrogens with zero attached hydrogens (tertiary/aromatic N) is 1. The highest BCUT2D eigenvalue weighted by molar-refractivity contribution is 6.14. The fourth-order valence-electron chi connectivity index (χ4n) is 1.82. The monoisotopic (exact) mass is 241 g/mol. The van der Waals surface area contributed by atoms with Crippen LogP contribution in [0, 0.1) is 0 Å². The number of halogens is 3. The Morgan fingerprint density at radius 1 is 1.31 bits per heavy atom. The van der Waals surface area contributed by atoms with Crippen LogP contribution in [0.3, 0.4) is 0 Å². The van der Waals surface area contributed by atoms with Crippen LogP contribution in [0.2, 0.25) is 0 Å². The van der Waals surface area contributed by atoms with Gasteiger partial charge in [-0.2, -0.15) is 13.2 Å². The second kappa shape index (κ2) is 4.23. The van der Waals surface area contributed by atoms with E-state index in [4.69, 9.17) is 5.11 Å². The Labute approximate surface area is 89.9 Å². The summed E-state index contributed by atoms with van der Waals surface area (Å²) in [7, 11) is 1.17. The molecule has 0 radical (unpaired) electrons. The molecule has 1 heterocycles. The molecule has 1 amide bonds. The van der Waals surface area contributed by atoms with E-state index in [1.807, 2.05) is 0 Å². The van der Waals surface area contributed by atoms with Crippen LogP contribution in [0.1, 0.15) is 0 Å². The molecule has 0 aromatic carbocycles. The van der Waals surface area contributed by atoms with Crippen molar-refractivity contribution < 1.29 is 33.3 Å². The molecule has 92 valence electrons. The van der Waals surface area contributed by atoms with Gasteiger partial charge in [-0.1, -0.05) is 0 Å². The normalized spacial score (nSPS) is 35.5. The maximum absolute atomic E-state index is 12.2. The minimum atomic E-state index is -5.09. The van der Waals surface area contributed by atoms with Crippen LogP contribution in [0.5, 0.6) is 0 Å². The summed E-state index contributed by atoms with van der Waals surface area (Å²) in [5.74, 6) is -3.36. The van der Waals surface area contributed by atoms with Gasteiger partial charge in [0.15, 0.2) is 0 Å². The minimum Gasteiger partial charge on any atom is -0.394 e. The van der Waals surface area contributed by atoms with E-state index in [0.717, 1.165) is 0 Å². The van der Waals surface area contributed by atoms with Crippen molar-refractivity contribution in [2.45, 2.75) is 30.4 Å². The summed E-state index contributed by atoms with van der Waals surface area (Å²) in [5.41, 5.74) is 0. The van der Waals surface area contributed by atoms with Gasteiger partial charge in [-0.15, -0.1) is 0 Å².